The molecule has 0 amide bonds. The summed E-state index contributed by atoms with van der Waals surface area (Å²) < 4.78 is 50.8. The second-order valence-electron chi connectivity index (χ2n) is 14.1. The molecule has 0 aliphatic heterocycles. The fourth-order valence-electron chi connectivity index (χ4n) is 8.35. The van der Waals surface area contributed by atoms with Gasteiger partial charge in [0, 0.05) is 49.3 Å². The number of fused-ring (bicyclic) bond motifs is 10. The standard InChI is InChI=1S/C48H32N4O/c1-48(2)38-19-11-9-17-33(38)35-24-25-40-43(44(35)48)36-18-10-12-20-39(36)52(40)32-22-26-41-37(28-32)34-23-21-31(27-42(34)53-41)47-50-45(29-13-5-3-6-14-29)49-46(51-47)30-15-7-4-8-16-30/h3-28H,1-2H3/i3D,5D,6D,13D,14D. The van der Waals surface area contributed by atoms with Crippen LogP contribution < -0.4 is 0 Å². The van der Waals surface area contributed by atoms with Gasteiger partial charge in [-0.15, -0.1) is 0 Å². The van der Waals surface area contributed by atoms with Gasteiger partial charge < -0.3 is 8.98 Å². The molecule has 1 aliphatic carbocycles. The van der Waals surface area contributed by atoms with Gasteiger partial charge in [-0.05, 0) is 64.7 Å². The normalized spacial score (nSPS) is 14.6. The fraction of sp³-hybridized carbons (Fsp3) is 0.0625. The lowest BCUT2D eigenvalue weighted by Crippen LogP contribution is -2.15. The van der Waals surface area contributed by atoms with Crippen molar-refractivity contribution in [1.29, 1.82) is 0 Å². The first-order valence-electron chi connectivity index (χ1n) is 20.1. The number of hydrogen-bond donors (Lipinski definition) is 0. The highest BCUT2D eigenvalue weighted by Gasteiger charge is 2.38. The highest BCUT2D eigenvalue weighted by molar-refractivity contribution is 6.15. The van der Waals surface area contributed by atoms with E-state index in [1.54, 1.807) is 0 Å². The van der Waals surface area contributed by atoms with Crippen molar-refractivity contribution >= 4 is 43.7 Å². The Morgan fingerprint density at radius 1 is 0.547 bits per heavy atom. The smallest absolute Gasteiger partial charge is 0.164 e. The summed E-state index contributed by atoms with van der Waals surface area (Å²) in [6.07, 6.45) is 0. The number of para-hydroxylation sites is 1. The third-order valence-electron chi connectivity index (χ3n) is 10.7. The zero-order valence-corrected chi connectivity index (χ0v) is 28.8. The van der Waals surface area contributed by atoms with Gasteiger partial charge in [0.05, 0.1) is 17.9 Å². The van der Waals surface area contributed by atoms with Crippen LogP contribution in [0.4, 0.5) is 0 Å². The lowest BCUT2D eigenvalue weighted by molar-refractivity contribution is 0.666. The van der Waals surface area contributed by atoms with Crippen molar-refractivity contribution in [3.63, 3.8) is 0 Å². The second-order valence-corrected chi connectivity index (χ2v) is 14.1. The van der Waals surface area contributed by atoms with Gasteiger partial charge in [0.25, 0.3) is 0 Å². The number of benzene rings is 7. The van der Waals surface area contributed by atoms with Gasteiger partial charge in [-0.1, -0.05) is 129 Å². The summed E-state index contributed by atoms with van der Waals surface area (Å²) in [5.74, 6) is 0.576. The van der Waals surface area contributed by atoms with Crippen molar-refractivity contribution in [2.75, 3.05) is 0 Å². The molecule has 5 nitrogen and oxygen atoms in total. The summed E-state index contributed by atoms with van der Waals surface area (Å²) in [6, 6.07) is 41.2. The molecule has 3 aromatic heterocycles. The minimum absolute atomic E-state index is 0.0146. The van der Waals surface area contributed by atoms with Gasteiger partial charge in [-0.2, -0.15) is 0 Å². The third-order valence-corrected chi connectivity index (χ3v) is 10.7. The molecule has 0 bridgehead atoms. The summed E-state index contributed by atoms with van der Waals surface area (Å²) in [6.45, 7) is 4.66. The van der Waals surface area contributed by atoms with Crippen molar-refractivity contribution in [2.24, 2.45) is 0 Å². The summed E-state index contributed by atoms with van der Waals surface area (Å²) in [4.78, 5) is 14.2. The van der Waals surface area contributed by atoms with Crippen molar-refractivity contribution < 1.29 is 11.3 Å². The Morgan fingerprint density at radius 3 is 2.13 bits per heavy atom. The molecule has 1 aliphatic rings. The number of nitrogens with zero attached hydrogens (tertiary/aromatic N) is 4. The zero-order chi connectivity index (χ0) is 39.6. The van der Waals surface area contributed by atoms with Gasteiger partial charge >= 0.3 is 0 Å². The number of rotatable bonds is 4. The molecule has 10 aromatic rings. The first-order valence-corrected chi connectivity index (χ1v) is 17.6. The van der Waals surface area contributed by atoms with Gasteiger partial charge in [0.2, 0.25) is 0 Å². The van der Waals surface area contributed by atoms with Crippen molar-refractivity contribution in [1.82, 2.24) is 19.5 Å². The molecule has 0 N–H and O–H groups in total. The Labute approximate surface area is 312 Å². The van der Waals surface area contributed by atoms with Gasteiger partial charge in [-0.3, -0.25) is 0 Å². The highest BCUT2D eigenvalue weighted by atomic mass is 16.3. The average molecular weight is 686 g/mol. The van der Waals surface area contributed by atoms with Crippen LogP contribution in [0.5, 0.6) is 0 Å². The van der Waals surface area contributed by atoms with E-state index in [1.807, 2.05) is 54.6 Å². The van der Waals surface area contributed by atoms with Crippen molar-refractivity contribution in [3.8, 4) is 51.0 Å². The second kappa shape index (κ2) is 11.1. The summed E-state index contributed by atoms with van der Waals surface area (Å²) >= 11 is 0. The summed E-state index contributed by atoms with van der Waals surface area (Å²) in [7, 11) is 0. The third kappa shape index (κ3) is 4.40. The van der Waals surface area contributed by atoms with Crippen molar-refractivity contribution in [3.05, 3.63) is 169 Å². The SMILES string of the molecule is [2H]c1c([2H])c([2H])c(-c2nc(-c3ccccc3)nc(-c3ccc4c(c3)oc3ccc(-n5c6ccccc6c6c7c(ccc65)-c5ccccc5C7(C)C)cc34)n2)c([2H])c1[2H]. The Kier molecular flexibility index (Phi) is 5.26. The number of aromatic nitrogens is 4. The molecule has 0 fully saturated rings. The van der Waals surface area contributed by atoms with Crippen LogP contribution in [-0.2, 0) is 5.41 Å². The molecule has 7 aromatic carbocycles. The Balaban J connectivity index is 1.08. The van der Waals surface area contributed by atoms with Crippen LogP contribution in [0.3, 0.4) is 0 Å². The summed E-state index contributed by atoms with van der Waals surface area (Å²) in [5.41, 5.74) is 11.0. The van der Waals surface area contributed by atoms with Gasteiger partial charge in [-0.25, -0.2) is 15.0 Å². The average Bonchev–Trinajstić information content (AvgIpc) is 3.87. The van der Waals surface area contributed by atoms with Crippen LogP contribution in [0.1, 0.15) is 31.8 Å². The summed E-state index contributed by atoms with van der Waals surface area (Å²) in [5, 5.41) is 4.36. The van der Waals surface area contributed by atoms with Crippen LogP contribution in [0.15, 0.2) is 162 Å². The van der Waals surface area contributed by atoms with Crippen LogP contribution in [0.2, 0.25) is 0 Å². The zero-order valence-electron chi connectivity index (χ0n) is 33.8. The van der Waals surface area contributed by atoms with E-state index in [0.717, 1.165) is 33.1 Å². The molecule has 11 rings (SSSR count). The van der Waals surface area contributed by atoms with E-state index in [9.17, 15) is 0 Å². The molecule has 0 saturated heterocycles. The quantitative estimate of drug-likeness (QED) is 0.185. The Morgan fingerprint density at radius 2 is 1.28 bits per heavy atom. The molecule has 53 heavy (non-hydrogen) atoms. The predicted molar refractivity (Wildman–Crippen MR) is 215 cm³/mol. The lowest BCUT2D eigenvalue weighted by Gasteiger charge is -2.22. The maximum atomic E-state index is 8.64. The molecule has 0 saturated carbocycles. The number of hydrogen-bond acceptors (Lipinski definition) is 4. The molecule has 0 spiro atoms. The molecule has 250 valence electrons. The molecule has 0 atom stereocenters. The fourth-order valence-corrected chi connectivity index (χ4v) is 8.35. The Hall–Kier alpha value is -6.85. The van der Waals surface area contributed by atoms with Crippen molar-refractivity contribution in [2.45, 2.75) is 19.3 Å². The van der Waals surface area contributed by atoms with E-state index in [0.29, 0.717) is 22.5 Å². The van der Waals surface area contributed by atoms with Gasteiger partial charge in [0.15, 0.2) is 17.5 Å². The molecular weight excluding hydrogens is 649 g/mol. The largest absolute Gasteiger partial charge is 0.456 e. The van der Waals surface area contributed by atoms with E-state index in [1.165, 1.54) is 33.0 Å². The minimum atomic E-state index is -0.480. The maximum absolute atomic E-state index is 8.64. The van der Waals surface area contributed by atoms with E-state index < -0.39 is 18.1 Å². The topological polar surface area (TPSA) is 56.7 Å². The van der Waals surface area contributed by atoms with Crippen LogP contribution in [0, 0.1) is 0 Å². The molecule has 0 unspecified atom stereocenters. The Bertz CT molecular complexity index is 3360. The van der Waals surface area contributed by atoms with E-state index in [-0.39, 0.29) is 34.7 Å². The van der Waals surface area contributed by atoms with E-state index in [4.69, 9.17) is 21.2 Å². The van der Waals surface area contributed by atoms with Crippen LogP contribution in [0.25, 0.3) is 94.7 Å². The monoisotopic (exact) mass is 685 g/mol. The molecular formula is C48H32N4O. The molecule has 5 heteroatoms. The first-order chi connectivity index (χ1) is 28.1. The molecule has 3 heterocycles. The highest BCUT2D eigenvalue weighted by Crippen LogP contribution is 2.53. The van der Waals surface area contributed by atoms with E-state index >= 15 is 0 Å². The minimum Gasteiger partial charge on any atom is -0.456 e. The first kappa shape index (κ1) is 25.2. The van der Waals surface area contributed by atoms with E-state index in [2.05, 4.69) is 96.2 Å². The predicted octanol–water partition coefficient (Wildman–Crippen LogP) is 12.2. The van der Waals surface area contributed by atoms with Gasteiger partial charge in [0.1, 0.15) is 11.2 Å². The number of furan rings is 1. The van der Waals surface area contributed by atoms with Crippen LogP contribution in [-0.4, -0.2) is 19.5 Å². The molecule has 0 radical (unpaired) electrons. The van der Waals surface area contributed by atoms with Crippen LogP contribution >= 0.6 is 0 Å². The lowest BCUT2D eigenvalue weighted by atomic mass is 9.80. The maximum Gasteiger partial charge on any atom is 0.164 e.